The molecular weight excluding hydrogens is 152 g/mol. The van der Waals surface area contributed by atoms with E-state index in [1.165, 1.54) is 11.3 Å². The average Bonchev–Trinajstić information content (AvgIpc) is 2.59. The van der Waals surface area contributed by atoms with Crippen LogP contribution in [0.2, 0.25) is 0 Å². The molecule has 6 nitrogen and oxygen atoms in total. The predicted molar refractivity (Wildman–Crippen MR) is 33.1 cm³/mol. The quantitative estimate of drug-likeness (QED) is 0.610. The van der Waals surface area contributed by atoms with Crippen LogP contribution >= 0.6 is 11.3 Å². The topological polar surface area (TPSA) is 80.2 Å². The van der Waals surface area contributed by atoms with E-state index in [4.69, 9.17) is 0 Å². The number of nitrogens with zero attached hydrogens (tertiary/aromatic N) is 5. The molecule has 0 aliphatic carbocycles. The number of rotatable bonds is 1. The summed E-state index contributed by atoms with van der Waals surface area (Å²) in [5, 5.41) is 21.2. The lowest BCUT2D eigenvalue weighted by Crippen LogP contribution is -1.78. The highest BCUT2D eigenvalue weighted by Gasteiger charge is 2.04. The van der Waals surface area contributed by atoms with Crippen molar-refractivity contribution < 1.29 is 0 Å². The number of tetrazole rings is 1. The van der Waals surface area contributed by atoms with Gasteiger partial charge in [-0.2, -0.15) is 5.21 Å². The van der Waals surface area contributed by atoms with E-state index in [-0.39, 0.29) is 0 Å². The van der Waals surface area contributed by atoms with Crippen molar-refractivity contribution in [2.75, 3.05) is 0 Å². The molecule has 7 heteroatoms. The summed E-state index contributed by atoms with van der Waals surface area (Å²) in [6, 6.07) is 0. The minimum atomic E-state index is 0.488. The number of hydrogen-bond donors (Lipinski definition) is 1. The lowest BCUT2D eigenvalue weighted by Gasteiger charge is -1.76. The number of aromatic nitrogens is 6. The summed E-state index contributed by atoms with van der Waals surface area (Å²) < 4.78 is 0. The van der Waals surface area contributed by atoms with E-state index in [1.54, 1.807) is 5.51 Å². The maximum atomic E-state index is 3.74. The Morgan fingerprint density at radius 1 is 1.40 bits per heavy atom. The van der Waals surface area contributed by atoms with Gasteiger partial charge in [0.15, 0.2) is 5.01 Å². The zero-order valence-electron chi connectivity index (χ0n) is 4.72. The monoisotopic (exact) mass is 154 g/mol. The molecule has 0 amide bonds. The van der Waals surface area contributed by atoms with Crippen LogP contribution in [0.5, 0.6) is 0 Å². The Labute approximate surface area is 59.3 Å². The van der Waals surface area contributed by atoms with Crippen molar-refractivity contribution in [1.82, 2.24) is 30.8 Å². The van der Waals surface area contributed by atoms with Crippen LogP contribution in [0.3, 0.4) is 0 Å². The second-order valence-electron chi connectivity index (χ2n) is 1.48. The van der Waals surface area contributed by atoms with Crippen molar-refractivity contribution >= 4 is 11.3 Å². The fourth-order valence-electron chi connectivity index (χ4n) is 0.523. The van der Waals surface area contributed by atoms with Gasteiger partial charge in [-0.25, -0.2) is 0 Å². The van der Waals surface area contributed by atoms with Gasteiger partial charge in [0.05, 0.1) is 0 Å². The van der Waals surface area contributed by atoms with Crippen molar-refractivity contribution in [2.45, 2.75) is 0 Å². The Morgan fingerprint density at radius 2 is 2.40 bits per heavy atom. The van der Waals surface area contributed by atoms with Gasteiger partial charge in [-0.3, -0.25) is 0 Å². The summed E-state index contributed by atoms with van der Waals surface area (Å²) in [6.45, 7) is 0. The summed E-state index contributed by atoms with van der Waals surface area (Å²) in [4.78, 5) is 0. The number of hydrogen-bond acceptors (Lipinski definition) is 6. The third-order valence-corrected chi connectivity index (χ3v) is 1.58. The maximum Gasteiger partial charge on any atom is 0.235 e. The van der Waals surface area contributed by atoms with Gasteiger partial charge in [0.1, 0.15) is 5.51 Å². The summed E-state index contributed by atoms with van der Waals surface area (Å²) in [7, 11) is 0. The molecule has 50 valence electrons. The van der Waals surface area contributed by atoms with Crippen molar-refractivity contribution in [1.29, 1.82) is 0 Å². The van der Waals surface area contributed by atoms with Gasteiger partial charge in [0.2, 0.25) is 5.82 Å². The van der Waals surface area contributed by atoms with Crippen LogP contribution in [-0.4, -0.2) is 30.8 Å². The van der Waals surface area contributed by atoms with Crippen molar-refractivity contribution in [3.63, 3.8) is 0 Å². The first-order chi connectivity index (χ1) is 4.97. The van der Waals surface area contributed by atoms with Gasteiger partial charge in [-0.05, 0) is 5.21 Å². The average molecular weight is 154 g/mol. The van der Waals surface area contributed by atoms with Gasteiger partial charge >= 0.3 is 0 Å². The van der Waals surface area contributed by atoms with Crippen LogP contribution in [0, 0.1) is 0 Å². The maximum absolute atomic E-state index is 3.74. The largest absolute Gasteiger partial charge is 0.235 e. The highest BCUT2D eigenvalue weighted by molar-refractivity contribution is 7.12. The fraction of sp³-hybridized carbons (Fsp3) is 0. The predicted octanol–water partition coefficient (Wildman–Crippen LogP) is -0.282. The van der Waals surface area contributed by atoms with Crippen LogP contribution in [0.1, 0.15) is 0 Å². The second-order valence-corrected chi connectivity index (χ2v) is 2.31. The Hall–Kier alpha value is -1.37. The zero-order chi connectivity index (χ0) is 6.81. The summed E-state index contributed by atoms with van der Waals surface area (Å²) >= 11 is 1.37. The first-order valence-corrected chi connectivity index (χ1v) is 3.35. The lowest BCUT2D eigenvalue weighted by atomic mass is 10.7. The molecule has 0 saturated carbocycles. The Balaban J connectivity index is 2.48. The van der Waals surface area contributed by atoms with Gasteiger partial charge < -0.3 is 0 Å². The van der Waals surface area contributed by atoms with Gasteiger partial charge in [-0.1, -0.05) is 11.3 Å². The number of nitrogens with one attached hydrogen (secondary N) is 1. The van der Waals surface area contributed by atoms with E-state index in [9.17, 15) is 0 Å². The molecule has 0 unspecified atom stereocenters. The van der Waals surface area contributed by atoms with E-state index in [1.807, 2.05) is 0 Å². The Bertz CT molecular complexity index is 252. The molecule has 0 bridgehead atoms. The Kier molecular flexibility index (Phi) is 1.14. The summed E-state index contributed by atoms with van der Waals surface area (Å²) in [5.41, 5.74) is 1.62. The van der Waals surface area contributed by atoms with Crippen LogP contribution in [-0.2, 0) is 0 Å². The smallest absolute Gasteiger partial charge is 0.177 e. The Morgan fingerprint density at radius 3 is 3.00 bits per heavy atom. The molecule has 2 aromatic heterocycles. The minimum absolute atomic E-state index is 0.488. The minimum Gasteiger partial charge on any atom is -0.177 e. The molecule has 10 heavy (non-hydrogen) atoms. The molecule has 0 aliphatic rings. The second kappa shape index (κ2) is 2.10. The third-order valence-electron chi connectivity index (χ3n) is 0.897. The lowest BCUT2D eigenvalue weighted by molar-refractivity contribution is 0.881. The van der Waals surface area contributed by atoms with Crippen LogP contribution in [0.25, 0.3) is 10.8 Å². The molecule has 2 heterocycles. The molecule has 0 aliphatic heterocycles. The molecule has 2 rings (SSSR count). The molecule has 0 saturated heterocycles. The van der Waals surface area contributed by atoms with Gasteiger partial charge in [-0.15, -0.1) is 20.4 Å². The molecule has 2 aromatic rings. The van der Waals surface area contributed by atoms with Crippen molar-refractivity contribution in [3.05, 3.63) is 5.51 Å². The summed E-state index contributed by atoms with van der Waals surface area (Å²) in [5.74, 6) is 0.488. The number of H-pyrrole nitrogens is 1. The van der Waals surface area contributed by atoms with Crippen molar-refractivity contribution in [2.24, 2.45) is 0 Å². The molecule has 0 aromatic carbocycles. The zero-order valence-corrected chi connectivity index (χ0v) is 5.54. The normalized spacial score (nSPS) is 10.0. The standard InChI is InChI=1S/C3H2N6S/c1-4-7-3(10-1)2-5-8-9-6-2/h1H,(H,5,6,8,9). The molecule has 1 N–H and O–H groups in total. The van der Waals surface area contributed by atoms with Crippen LogP contribution < -0.4 is 0 Å². The van der Waals surface area contributed by atoms with Crippen LogP contribution in [0.4, 0.5) is 0 Å². The SMILES string of the molecule is c1nnc(-c2nn[nH]n2)s1. The van der Waals surface area contributed by atoms with Gasteiger partial charge in [0.25, 0.3) is 0 Å². The van der Waals surface area contributed by atoms with E-state index >= 15 is 0 Å². The van der Waals surface area contributed by atoms with Crippen LogP contribution in [0.15, 0.2) is 5.51 Å². The summed E-state index contributed by atoms with van der Waals surface area (Å²) in [6.07, 6.45) is 0. The third kappa shape index (κ3) is 0.760. The van der Waals surface area contributed by atoms with E-state index in [0.29, 0.717) is 10.8 Å². The first-order valence-electron chi connectivity index (χ1n) is 2.47. The van der Waals surface area contributed by atoms with Crippen molar-refractivity contribution in [3.8, 4) is 10.8 Å². The van der Waals surface area contributed by atoms with E-state index < -0.39 is 0 Å². The molecule has 0 fully saturated rings. The fourth-order valence-corrected chi connectivity index (χ4v) is 1.00. The molecule has 0 atom stereocenters. The first kappa shape index (κ1) is 5.42. The van der Waals surface area contributed by atoms with Gasteiger partial charge in [0, 0.05) is 0 Å². The molecule has 0 spiro atoms. The number of aromatic amines is 1. The highest BCUT2D eigenvalue weighted by Crippen LogP contribution is 2.12. The van der Waals surface area contributed by atoms with E-state index in [2.05, 4.69) is 30.8 Å². The molecule has 0 radical (unpaired) electrons. The molecular formula is C3H2N6S. The highest BCUT2D eigenvalue weighted by atomic mass is 32.1. The van der Waals surface area contributed by atoms with E-state index in [0.717, 1.165) is 0 Å².